The Labute approximate surface area is 50.4 Å². The minimum Gasteiger partial charge on any atom is -0.333 e. The van der Waals surface area contributed by atoms with E-state index >= 15 is 0 Å². The number of hydrogen-bond donors (Lipinski definition) is 1. The van der Waals surface area contributed by atoms with Crippen LogP contribution in [-0.2, 0) is 4.79 Å². The first-order valence-corrected chi connectivity index (χ1v) is 2.60. The average Bonchev–Trinajstić information content (AvgIpc) is 1.88. The zero-order valence-electron chi connectivity index (χ0n) is 5.42. The molecule has 48 valence electrons. The molecule has 0 aliphatic heterocycles. The number of carbonyl (C=O) groups is 1. The molecule has 0 saturated heterocycles. The van der Waals surface area contributed by atoms with Crippen molar-refractivity contribution in [3.63, 3.8) is 0 Å². The van der Waals surface area contributed by atoms with Gasteiger partial charge in [-0.2, -0.15) is 0 Å². The fourth-order valence-corrected chi connectivity index (χ4v) is 0.192. The van der Waals surface area contributed by atoms with E-state index in [1.807, 2.05) is 13.0 Å². The lowest BCUT2D eigenvalue weighted by Gasteiger charge is -1.65. The van der Waals surface area contributed by atoms with Crippen LogP contribution in [0.2, 0.25) is 0 Å². The van der Waals surface area contributed by atoms with Crippen LogP contribution in [0.3, 0.4) is 0 Å². The molecule has 0 atom stereocenters. The van der Waals surface area contributed by atoms with Gasteiger partial charge in [-0.25, -0.2) is 0 Å². The fraction of sp³-hybridized carbons (Fsp3) is 0.500. The van der Waals surface area contributed by atoms with Gasteiger partial charge in [0, 0.05) is 0 Å². The summed E-state index contributed by atoms with van der Waals surface area (Å²) >= 11 is 0. The summed E-state index contributed by atoms with van der Waals surface area (Å²) < 4.78 is 0. The molecular formula is C6H13NO. The van der Waals surface area contributed by atoms with Crippen molar-refractivity contribution in [3.05, 3.63) is 12.2 Å². The van der Waals surface area contributed by atoms with Gasteiger partial charge in [0.2, 0.25) is 0 Å². The van der Waals surface area contributed by atoms with Crippen molar-refractivity contribution >= 4 is 6.29 Å². The molecule has 0 aliphatic rings. The normalized spacial score (nSPS) is 7.88. The van der Waals surface area contributed by atoms with Crippen LogP contribution in [0.25, 0.3) is 0 Å². The third-order valence-corrected chi connectivity index (χ3v) is 0.450. The van der Waals surface area contributed by atoms with Crippen molar-refractivity contribution in [2.24, 2.45) is 5.73 Å². The maximum absolute atomic E-state index is 9.48. The molecule has 0 rings (SSSR count). The Balaban J connectivity index is 0. The summed E-state index contributed by atoms with van der Waals surface area (Å²) in [7, 11) is 1.50. The van der Waals surface area contributed by atoms with E-state index < -0.39 is 0 Å². The van der Waals surface area contributed by atoms with Crippen molar-refractivity contribution in [1.29, 1.82) is 0 Å². The van der Waals surface area contributed by atoms with E-state index in [0.717, 1.165) is 12.7 Å². The number of rotatable bonds is 2. The van der Waals surface area contributed by atoms with Gasteiger partial charge in [-0.3, -0.25) is 4.79 Å². The van der Waals surface area contributed by atoms with Gasteiger partial charge >= 0.3 is 0 Å². The van der Waals surface area contributed by atoms with Crippen LogP contribution in [0.1, 0.15) is 13.3 Å². The molecule has 0 bridgehead atoms. The smallest absolute Gasteiger partial charge is 0.142 e. The standard InChI is InChI=1S/C5H8O.CH5N/c1-2-3-4-5-6;1-2/h3-5H,2H2,1H3;2H2,1H3/b4-3+;. The van der Waals surface area contributed by atoms with E-state index in [2.05, 4.69) is 5.73 Å². The molecule has 0 radical (unpaired) electrons. The summed E-state index contributed by atoms with van der Waals surface area (Å²) in [6.07, 6.45) is 5.04. The molecule has 0 aromatic carbocycles. The van der Waals surface area contributed by atoms with Gasteiger partial charge in [-0.1, -0.05) is 13.0 Å². The molecule has 8 heavy (non-hydrogen) atoms. The summed E-state index contributed by atoms with van der Waals surface area (Å²) in [5.41, 5.74) is 4.50. The second-order valence-electron chi connectivity index (χ2n) is 0.972. The van der Waals surface area contributed by atoms with Crippen molar-refractivity contribution in [3.8, 4) is 0 Å². The number of hydrogen-bond acceptors (Lipinski definition) is 2. The molecule has 0 fully saturated rings. The average molecular weight is 115 g/mol. The molecule has 0 aliphatic carbocycles. The van der Waals surface area contributed by atoms with E-state index in [9.17, 15) is 4.79 Å². The van der Waals surface area contributed by atoms with Gasteiger partial charge in [0.25, 0.3) is 0 Å². The maximum atomic E-state index is 9.48. The van der Waals surface area contributed by atoms with Crippen LogP contribution < -0.4 is 5.73 Å². The number of nitrogens with two attached hydrogens (primary N) is 1. The molecular weight excluding hydrogens is 102 g/mol. The monoisotopic (exact) mass is 115 g/mol. The summed E-state index contributed by atoms with van der Waals surface area (Å²) in [6, 6.07) is 0. The van der Waals surface area contributed by atoms with Crippen LogP contribution in [-0.4, -0.2) is 13.3 Å². The highest BCUT2D eigenvalue weighted by Crippen LogP contribution is 1.72. The minimum absolute atomic E-state index is 0.781. The summed E-state index contributed by atoms with van der Waals surface area (Å²) in [6.45, 7) is 1.99. The summed E-state index contributed by atoms with van der Waals surface area (Å²) in [5.74, 6) is 0. The Morgan fingerprint density at radius 3 is 2.12 bits per heavy atom. The highest BCUT2D eigenvalue weighted by molar-refractivity contribution is 5.64. The van der Waals surface area contributed by atoms with E-state index in [1.54, 1.807) is 0 Å². The Kier molecular flexibility index (Phi) is 21.0. The summed E-state index contributed by atoms with van der Waals surface area (Å²) in [4.78, 5) is 9.48. The lowest BCUT2D eigenvalue weighted by molar-refractivity contribution is -0.104. The zero-order chi connectivity index (χ0) is 6.83. The van der Waals surface area contributed by atoms with Crippen molar-refractivity contribution in [2.45, 2.75) is 13.3 Å². The maximum Gasteiger partial charge on any atom is 0.142 e. The molecule has 0 amide bonds. The molecule has 0 aromatic rings. The predicted molar refractivity (Wildman–Crippen MR) is 35.6 cm³/mol. The van der Waals surface area contributed by atoms with E-state index in [-0.39, 0.29) is 0 Å². The first-order chi connectivity index (χ1) is 3.91. The van der Waals surface area contributed by atoms with Crippen LogP contribution in [0, 0.1) is 0 Å². The van der Waals surface area contributed by atoms with Gasteiger partial charge in [-0.05, 0) is 19.5 Å². The van der Waals surface area contributed by atoms with E-state index in [1.165, 1.54) is 13.1 Å². The lowest BCUT2D eigenvalue weighted by Crippen LogP contribution is -1.69. The van der Waals surface area contributed by atoms with Gasteiger partial charge in [0.1, 0.15) is 6.29 Å². The molecule has 0 saturated carbocycles. The Bertz CT molecular complexity index is 59.5. The van der Waals surface area contributed by atoms with Gasteiger partial charge < -0.3 is 5.73 Å². The van der Waals surface area contributed by atoms with Crippen molar-refractivity contribution in [1.82, 2.24) is 0 Å². The Morgan fingerprint density at radius 1 is 1.50 bits per heavy atom. The fourth-order valence-electron chi connectivity index (χ4n) is 0.192. The highest BCUT2D eigenvalue weighted by Gasteiger charge is 1.58. The van der Waals surface area contributed by atoms with Gasteiger partial charge in [0.05, 0.1) is 0 Å². The number of aldehydes is 1. The molecule has 0 heterocycles. The zero-order valence-corrected chi connectivity index (χ0v) is 5.42. The number of allylic oxidation sites excluding steroid dienone is 2. The van der Waals surface area contributed by atoms with Crippen LogP contribution in [0.15, 0.2) is 12.2 Å². The largest absolute Gasteiger partial charge is 0.333 e. The predicted octanol–water partition coefficient (Wildman–Crippen LogP) is 0.726. The quantitative estimate of drug-likeness (QED) is 0.426. The third-order valence-electron chi connectivity index (χ3n) is 0.450. The molecule has 2 nitrogen and oxygen atoms in total. The molecule has 2 N–H and O–H groups in total. The molecule has 0 spiro atoms. The summed E-state index contributed by atoms with van der Waals surface area (Å²) in [5, 5.41) is 0. The first kappa shape index (κ1) is 10.4. The van der Waals surface area contributed by atoms with E-state index in [0.29, 0.717) is 0 Å². The Morgan fingerprint density at radius 2 is 2.00 bits per heavy atom. The van der Waals surface area contributed by atoms with Crippen molar-refractivity contribution < 1.29 is 4.79 Å². The lowest BCUT2D eigenvalue weighted by atomic mass is 10.4. The van der Waals surface area contributed by atoms with Gasteiger partial charge in [0.15, 0.2) is 0 Å². The Hall–Kier alpha value is -0.630. The second kappa shape index (κ2) is 16.2. The van der Waals surface area contributed by atoms with Gasteiger partial charge in [-0.15, -0.1) is 0 Å². The van der Waals surface area contributed by atoms with E-state index in [4.69, 9.17) is 0 Å². The van der Waals surface area contributed by atoms with Crippen LogP contribution in [0.5, 0.6) is 0 Å². The topological polar surface area (TPSA) is 43.1 Å². The van der Waals surface area contributed by atoms with Crippen LogP contribution in [0.4, 0.5) is 0 Å². The second-order valence-corrected chi connectivity index (χ2v) is 0.972. The third kappa shape index (κ3) is 18.3. The molecule has 0 unspecified atom stereocenters. The minimum atomic E-state index is 0.781. The highest BCUT2D eigenvalue weighted by atomic mass is 16.1. The first-order valence-electron chi connectivity index (χ1n) is 2.60. The van der Waals surface area contributed by atoms with Crippen LogP contribution >= 0.6 is 0 Å². The van der Waals surface area contributed by atoms with Crippen molar-refractivity contribution in [2.75, 3.05) is 7.05 Å². The SMILES string of the molecule is CC/C=C/C=O.CN. The molecule has 2 heteroatoms. The molecule has 0 aromatic heterocycles. The number of carbonyl (C=O) groups excluding carboxylic acids is 1.